The average molecular weight is 474 g/mol. The van der Waals surface area contributed by atoms with Gasteiger partial charge in [-0.15, -0.1) is 0 Å². The molecule has 0 aliphatic carbocycles. The number of hydrogen-bond donors (Lipinski definition) is 1. The van der Waals surface area contributed by atoms with Crippen molar-refractivity contribution < 1.29 is 19.4 Å². The molecule has 5 rings (SSSR count). The number of aliphatic hydroxyl groups excluding tert-OH is 1. The van der Waals surface area contributed by atoms with Crippen molar-refractivity contribution in [2.45, 2.75) is 13.0 Å². The number of para-hydroxylation sites is 1. The second-order valence-corrected chi connectivity index (χ2v) is 8.59. The molecular formula is C26H27N5O4. The number of ketones is 1. The Morgan fingerprint density at radius 2 is 1.80 bits per heavy atom. The first-order valence-corrected chi connectivity index (χ1v) is 11.7. The Balaban J connectivity index is 1.54. The van der Waals surface area contributed by atoms with Gasteiger partial charge in [-0.05, 0) is 31.2 Å². The predicted octanol–water partition coefficient (Wildman–Crippen LogP) is 2.33. The highest BCUT2D eigenvalue weighted by Crippen LogP contribution is 2.39. The third-order valence-corrected chi connectivity index (χ3v) is 6.53. The van der Waals surface area contributed by atoms with Crippen LogP contribution < -0.4 is 0 Å². The largest absolute Gasteiger partial charge is 0.507 e. The molecule has 1 amide bonds. The summed E-state index contributed by atoms with van der Waals surface area (Å²) >= 11 is 0. The van der Waals surface area contributed by atoms with E-state index in [0.717, 1.165) is 18.8 Å². The fourth-order valence-corrected chi connectivity index (χ4v) is 4.65. The number of aliphatic hydroxyl groups is 1. The predicted molar refractivity (Wildman–Crippen MR) is 129 cm³/mol. The number of nitrogens with zero attached hydrogens (tertiary/aromatic N) is 5. The van der Waals surface area contributed by atoms with Crippen LogP contribution in [0.2, 0.25) is 0 Å². The lowest BCUT2D eigenvalue weighted by Gasteiger charge is -2.30. The van der Waals surface area contributed by atoms with Crippen molar-refractivity contribution in [2.75, 3.05) is 39.4 Å². The summed E-state index contributed by atoms with van der Waals surface area (Å²) in [6.45, 7) is 5.60. The van der Waals surface area contributed by atoms with E-state index in [1.54, 1.807) is 23.0 Å². The molecule has 2 saturated heterocycles. The summed E-state index contributed by atoms with van der Waals surface area (Å²) in [6, 6.07) is 14.1. The second kappa shape index (κ2) is 9.81. The molecule has 0 saturated carbocycles. The SMILES string of the molecule is Cc1c(C(O)=C2C(=O)C(=O)N(CCN3CCOCC3)C2c2ccccn2)cnn1-c1ccccc1. The summed E-state index contributed by atoms with van der Waals surface area (Å²) in [6.07, 6.45) is 3.14. The number of morpholine rings is 1. The van der Waals surface area contributed by atoms with E-state index in [0.29, 0.717) is 43.3 Å². The van der Waals surface area contributed by atoms with Crippen molar-refractivity contribution in [1.82, 2.24) is 24.6 Å². The number of carbonyl (C=O) groups is 2. The van der Waals surface area contributed by atoms with Crippen molar-refractivity contribution in [3.05, 3.63) is 83.4 Å². The van der Waals surface area contributed by atoms with Crippen LogP contribution in [-0.4, -0.2) is 80.8 Å². The molecular weight excluding hydrogens is 446 g/mol. The van der Waals surface area contributed by atoms with Crippen LogP contribution in [0.5, 0.6) is 0 Å². The molecule has 1 atom stereocenters. The Kier molecular flexibility index (Phi) is 6.43. The molecule has 2 aliphatic heterocycles. The number of ether oxygens (including phenoxy) is 1. The minimum atomic E-state index is -0.781. The number of rotatable bonds is 6. The molecule has 0 radical (unpaired) electrons. The summed E-state index contributed by atoms with van der Waals surface area (Å²) in [5, 5.41) is 15.8. The second-order valence-electron chi connectivity index (χ2n) is 8.59. The maximum atomic E-state index is 13.3. The van der Waals surface area contributed by atoms with E-state index >= 15 is 0 Å². The maximum Gasteiger partial charge on any atom is 0.295 e. The fourth-order valence-electron chi connectivity index (χ4n) is 4.65. The number of benzene rings is 1. The van der Waals surface area contributed by atoms with Gasteiger partial charge in [0.05, 0.1) is 47.6 Å². The van der Waals surface area contributed by atoms with Crippen LogP contribution in [0.4, 0.5) is 0 Å². The Bertz CT molecular complexity index is 1250. The van der Waals surface area contributed by atoms with Crippen molar-refractivity contribution in [1.29, 1.82) is 0 Å². The molecule has 1 N–H and O–H groups in total. The van der Waals surface area contributed by atoms with Gasteiger partial charge in [-0.3, -0.25) is 19.5 Å². The highest BCUT2D eigenvalue weighted by molar-refractivity contribution is 6.46. The molecule has 3 aromatic rings. The highest BCUT2D eigenvalue weighted by Gasteiger charge is 2.47. The van der Waals surface area contributed by atoms with Gasteiger partial charge < -0.3 is 14.7 Å². The molecule has 1 aromatic carbocycles. The molecule has 35 heavy (non-hydrogen) atoms. The summed E-state index contributed by atoms with van der Waals surface area (Å²) in [4.78, 5) is 34.6. The molecule has 1 unspecified atom stereocenters. The molecule has 2 aromatic heterocycles. The van der Waals surface area contributed by atoms with Crippen molar-refractivity contribution >= 4 is 17.4 Å². The maximum absolute atomic E-state index is 13.3. The number of hydrogen-bond acceptors (Lipinski definition) is 7. The third kappa shape index (κ3) is 4.36. The Morgan fingerprint density at radius 3 is 2.51 bits per heavy atom. The molecule has 2 aliphatic rings. The highest BCUT2D eigenvalue weighted by atomic mass is 16.5. The Labute approximate surface area is 203 Å². The molecule has 4 heterocycles. The van der Waals surface area contributed by atoms with Gasteiger partial charge in [0.15, 0.2) is 0 Å². The first kappa shape index (κ1) is 22.9. The van der Waals surface area contributed by atoms with Crippen LogP contribution in [0.25, 0.3) is 11.4 Å². The zero-order valence-corrected chi connectivity index (χ0v) is 19.5. The van der Waals surface area contributed by atoms with Gasteiger partial charge in [0.1, 0.15) is 11.8 Å². The zero-order chi connectivity index (χ0) is 24.4. The molecule has 9 nitrogen and oxygen atoms in total. The van der Waals surface area contributed by atoms with Crippen LogP contribution in [0.3, 0.4) is 0 Å². The van der Waals surface area contributed by atoms with E-state index in [2.05, 4.69) is 15.0 Å². The topological polar surface area (TPSA) is 101 Å². The average Bonchev–Trinajstić information content (AvgIpc) is 3.41. The smallest absolute Gasteiger partial charge is 0.295 e. The van der Waals surface area contributed by atoms with Crippen LogP contribution in [0.15, 0.2) is 66.5 Å². The summed E-state index contributed by atoms with van der Waals surface area (Å²) in [7, 11) is 0. The van der Waals surface area contributed by atoms with E-state index in [-0.39, 0.29) is 11.3 Å². The standard InChI is InChI=1S/C26H27N5O4/c1-18-20(17-28-31(18)19-7-3-2-4-8-19)24(32)22-23(21-9-5-6-10-27-21)30(26(34)25(22)33)12-11-29-13-15-35-16-14-29/h2-10,17,23,32H,11-16H2,1H3. The summed E-state index contributed by atoms with van der Waals surface area (Å²) in [5.74, 6) is -1.59. The van der Waals surface area contributed by atoms with E-state index in [9.17, 15) is 14.7 Å². The molecule has 0 bridgehead atoms. The number of Topliss-reactive ketones (excluding diaryl/α,β-unsaturated/α-hetero) is 1. The lowest BCUT2D eigenvalue weighted by Crippen LogP contribution is -2.42. The van der Waals surface area contributed by atoms with Crippen molar-refractivity contribution in [3.63, 3.8) is 0 Å². The van der Waals surface area contributed by atoms with Gasteiger partial charge in [0.25, 0.3) is 11.7 Å². The van der Waals surface area contributed by atoms with Crippen LogP contribution >= 0.6 is 0 Å². The zero-order valence-electron chi connectivity index (χ0n) is 19.5. The first-order valence-electron chi connectivity index (χ1n) is 11.7. The normalized spacial score (nSPS) is 20.5. The number of pyridine rings is 1. The fraction of sp³-hybridized carbons (Fsp3) is 0.308. The summed E-state index contributed by atoms with van der Waals surface area (Å²) < 4.78 is 7.10. The van der Waals surface area contributed by atoms with Gasteiger partial charge in [-0.1, -0.05) is 24.3 Å². The van der Waals surface area contributed by atoms with E-state index in [1.807, 2.05) is 43.3 Å². The van der Waals surface area contributed by atoms with E-state index in [4.69, 9.17) is 4.74 Å². The van der Waals surface area contributed by atoms with Crippen LogP contribution in [-0.2, 0) is 14.3 Å². The molecule has 2 fully saturated rings. The van der Waals surface area contributed by atoms with Gasteiger partial charge in [-0.25, -0.2) is 4.68 Å². The first-order chi connectivity index (χ1) is 17.1. The Morgan fingerprint density at radius 1 is 1.06 bits per heavy atom. The number of amides is 1. The lowest BCUT2D eigenvalue weighted by molar-refractivity contribution is -0.140. The van der Waals surface area contributed by atoms with Gasteiger partial charge >= 0.3 is 0 Å². The quantitative estimate of drug-likeness (QED) is 0.333. The lowest BCUT2D eigenvalue weighted by atomic mass is 9.98. The Hall–Kier alpha value is -3.82. The van der Waals surface area contributed by atoms with Crippen molar-refractivity contribution in [3.8, 4) is 5.69 Å². The molecule has 0 spiro atoms. The minimum Gasteiger partial charge on any atom is -0.507 e. The van der Waals surface area contributed by atoms with Gasteiger partial charge in [-0.2, -0.15) is 5.10 Å². The summed E-state index contributed by atoms with van der Waals surface area (Å²) in [5.41, 5.74) is 2.46. The van der Waals surface area contributed by atoms with E-state index in [1.165, 1.54) is 11.1 Å². The van der Waals surface area contributed by atoms with Crippen LogP contribution in [0.1, 0.15) is 23.0 Å². The number of aromatic nitrogens is 3. The van der Waals surface area contributed by atoms with Crippen LogP contribution in [0, 0.1) is 6.92 Å². The molecule has 180 valence electrons. The molecule has 9 heteroatoms. The van der Waals surface area contributed by atoms with Gasteiger partial charge in [0.2, 0.25) is 0 Å². The monoisotopic (exact) mass is 473 g/mol. The third-order valence-electron chi connectivity index (χ3n) is 6.53. The van der Waals surface area contributed by atoms with Crippen molar-refractivity contribution in [2.24, 2.45) is 0 Å². The van der Waals surface area contributed by atoms with Gasteiger partial charge in [0, 0.05) is 32.4 Å². The van der Waals surface area contributed by atoms with E-state index < -0.39 is 17.7 Å². The number of carbonyl (C=O) groups excluding carboxylic acids is 2. The minimum absolute atomic E-state index is 0.0337. The number of likely N-dealkylation sites (tertiary alicyclic amines) is 1.